The van der Waals surface area contributed by atoms with Gasteiger partial charge < -0.3 is 5.32 Å². The molecule has 0 fully saturated rings. The van der Waals surface area contributed by atoms with Crippen LogP contribution in [0, 0.1) is 11.3 Å². The Morgan fingerprint density at radius 3 is 2.52 bits per heavy atom. The summed E-state index contributed by atoms with van der Waals surface area (Å²) in [5.41, 5.74) is 3.58. The molecule has 1 aliphatic carbocycles. The van der Waals surface area contributed by atoms with Gasteiger partial charge in [0.2, 0.25) is 15.9 Å². The van der Waals surface area contributed by atoms with E-state index in [2.05, 4.69) is 10.0 Å². The summed E-state index contributed by atoms with van der Waals surface area (Å²) in [6.07, 6.45) is 3.19. The molecular formula is C18H17N3O3S. The summed E-state index contributed by atoms with van der Waals surface area (Å²) in [6.45, 7) is -0.362. The molecule has 1 amide bonds. The molecule has 0 radical (unpaired) electrons. The summed E-state index contributed by atoms with van der Waals surface area (Å²) in [6, 6.07) is 13.2. The molecule has 0 saturated heterocycles. The van der Waals surface area contributed by atoms with E-state index in [0.717, 1.165) is 19.3 Å². The van der Waals surface area contributed by atoms with Crippen LogP contribution in [-0.2, 0) is 27.7 Å². The summed E-state index contributed by atoms with van der Waals surface area (Å²) >= 11 is 0. The van der Waals surface area contributed by atoms with Crippen LogP contribution in [0.1, 0.15) is 23.1 Å². The molecule has 25 heavy (non-hydrogen) atoms. The lowest BCUT2D eigenvalue weighted by Gasteiger charge is -2.09. The van der Waals surface area contributed by atoms with Crippen molar-refractivity contribution in [2.75, 3.05) is 11.9 Å². The molecule has 0 unspecified atom stereocenters. The average molecular weight is 355 g/mol. The van der Waals surface area contributed by atoms with Gasteiger partial charge in [-0.3, -0.25) is 4.79 Å². The van der Waals surface area contributed by atoms with E-state index in [9.17, 15) is 13.2 Å². The van der Waals surface area contributed by atoms with E-state index in [1.807, 2.05) is 24.3 Å². The Morgan fingerprint density at radius 2 is 1.80 bits per heavy atom. The molecule has 6 nitrogen and oxygen atoms in total. The molecule has 0 saturated carbocycles. The van der Waals surface area contributed by atoms with E-state index in [0.29, 0.717) is 11.3 Å². The third kappa shape index (κ3) is 4.05. The predicted molar refractivity (Wildman–Crippen MR) is 93.4 cm³/mol. The van der Waals surface area contributed by atoms with Crippen molar-refractivity contribution in [1.82, 2.24) is 4.72 Å². The summed E-state index contributed by atoms with van der Waals surface area (Å²) < 4.78 is 26.6. The van der Waals surface area contributed by atoms with E-state index >= 15 is 0 Å². The van der Waals surface area contributed by atoms with Gasteiger partial charge in [-0.05, 0) is 66.8 Å². The smallest absolute Gasteiger partial charge is 0.241 e. The van der Waals surface area contributed by atoms with Gasteiger partial charge in [0.1, 0.15) is 0 Å². The average Bonchev–Trinajstić information content (AvgIpc) is 3.08. The number of hydrogen-bond donors (Lipinski definition) is 2. The number of nitrogens with one attached hydrogen (secondary N) is 2. The fraction of sp³-hybridized carbons (Fsp3) is 0.222. The number of hydrogen-bond acceptors (Lipinski definition) is 4. The second-order valence-corrected chi connectivity index (χ2v) is 7.61. The second-order valence-electron chi connectivity index (χ2n) is 5.85. The minimum atomic E-state index is -3.80. The van der Waals surface area contributed by atoms with Gasteiger partial charge in [-0.15, -0.1) is 0 Å². The van der Waals surface area contributed by atoms with Crippen LogP contribution in [0.5, 0.6) is 0 Å². The van der Waals surface area contributed by atoms with Crippen LogP contribution >= 0.6 is 0 Å². The third-order valence-electron chi connectivity index (χ3n) is 4.10. The zero-order chi connectivity index (χ0) is 17.9. The van der Waals surface area contributed by atoms with Crippen LogP contribution in [0.3, 0.4) is 0 Å². The van der Waals surface area contributed by atoms with Gasteiger partial charge >= 0.3 is 0 Å². The number of sulfonamides is 1. The van der Waals surface area contributed by atoms with Crippen LogP contribution in [0.4, 0.5) is 5.69 Å². The Labute approximate surface area is 146 Å². The quantitative estimate of drug-likeness (QED) is 0.856. The highest BCUT2D eigenvalue weighted by molar-refractivity contribution is 7.89. The van der Waals surface area contributed by atoms with E-state index < -0.39 is 15.9 Å². The van der Waals surface area contributed by atoms with Crippen molar-refractivity contribution in [3.05, 3.63) is 59.2 Å². The maximum atomic E-state index is 12.2. The van der Waals surface area contributed by atoms with Crippen LogP contribution < -0.4 is 10.0 Å². The lowest BCUT2D eigenvalue weighted by Crippen LogP contribution is -2.32. The summed E-state index contributed by atoms with van der Waals surface area (Å²) in [4.78, 5) is 12.0. The first-order valence-corrected chi connectivity index (χ1v) is 9.38. The highest BCUT2D eigenvalue weighted by Crippen LogP contribution is 2.24. The summed E-state index contributed by atoms with van der Waals surface area (Å²) in [7, 11) is -3.80. The number of benzene rings is 2. The van der Waals surface area contributed by atoms with Gasteiger partial charge in [-0.25, -0.2) is 13.1 Å². The summed E-state index contributed by atoms with van der Waals surface area (Å²) in [5.74, 6) is -0.435. The second kappa shape index (κ2) is 7.05. The Morgan fingerprint density at radius 1 is 1.08 bits per heavy atom. The molecule has 0 aliphatic heterocycles. The van der Waals surface area contributed by atoms with Gasteiger partial charge in [0.05, 0.1) is 23.1 Å². The van der Waals surface area contributed by atoms with Gasteiger partial charge in [-0.2, -0.15) is 5.26 Å². The standard InChI is InChI=1S/C18H17N3O3S/c19-11-13-4-8-17(9-5-13)25(23,24)20-12-18(22)21-16-7-6-14-2-1-3-15(14)10-16/h4-10,20H,1-3,12H2,(H,21,22). The van der Waals surface area contributed by atoms with Crippen molar-refractivity contribution in [3.8, 4) is 6.07 Å². The molecular weight excluding hydrogens is 338 g/mol. The first kappa shape index (κ1) is 17.1. The summed E-state index contributed by atoms with van der Waals surface area (Å²) in [5, 5.41) is 11.4. The van der Waals surface area contributed by atoms with Crippen molar-refractivity contribution in [2.45, 2.75) is 24.2 Å². The van der Waals surface area contributed by atoms with Crippen LogP contribution in [0.15, 0.2) is 47.4 Å². The Hall–Kier alpha value is -2.69. The van der Waals surface area contributed by atoms with Crippen molar-refractivity contribution in [1.29, 1.82) is 5.26 Å². The Kier molecular flexibility index (Phi) is 4.83. The Balaban J connectivity index is 1.60. The van der Waals surface area contributed by atoms with Crippen LogP contribution in [0.25, 0.3) is 0 Å². The van der Waals surface area contributed by atoms with E-state index in [1.54, 1.807) is 0 Å². The number of carbonyl (C=O) groups is 1. The largest absolute Gasteiger partial charge is 0.325 e. The molecule has 0 spiro atoms. The third-order valence-corrected chi connectivity index (χ3v) is 5.52. The first-order chi connectivity index (χ1) is 12.0. The van der Waals surface area contributed by atoms with Gasteiger partial charge in [-0.1, -0.05) is 6.07 Å². The van der Waals surface area contributed by atoms with E-state index in [-0.39, 0.29) is 11.4 Å². The van der Waals surface area contributed by atoms with Crippen molar-refractivity contribution in [2.24, 2.45) is 0 Å². The lowest BCUT2D eigenvalue weighted by molar-refractivity contribution is -0.115. The topological polar surface area (TPSA) is 99.1 Å². The Bertz CT molecular complexity index is 945. The number of aryl methyl sites for hydroxylation is 2. The molecule has 2 aromatic carbocycles. The molecule has 0 atom stereocenters. The molecule has 2 N–H and O–H groups in total. The molecule has 0 aromatic heterocycles. The normalized spacial score (nSPS) is 13.1. The molecule has 1 aliphatic rings. The molecule has 128 valence electrons. The predicted octanol–water partition coefficient (Wildman–Crippen LogP) is 1.96. The molecule has 2 aromatic rings. The molecule has 0 bridgehead atoms. The number of fused-ring (bicyclic) bond motifs is 1. The van der Waals surface area contributed by atoms with Gasteiger partial charge in [0.15, 0.2) is 0 Å². The monoisotopic (exact) mass is 355 g/mol. The highest BCUT2D eigenvalue weighted by Gasteiger charge is 2.16. The highest BCUT2D eigenvalue weighted by atomic mass is 32.2. The fourth-order valence-corrected chi connectivity index (χ4v) is 3.79. The van der Waals surface area contributed by atoms with Crippen molar-refractivity contribution >= 4 is 21.6 Å². The van der Waals surface area contributed by atoms with Crippen LogP contribution in [0.2, 0.25) is 0 Å². The first-order valence-electron chi connectivity index (χ1n) is 7.89. The molecule has 7 heteroatoms. The lowest BCUT2D eigenvalue weighted by atomic mass is 10.1. The van der Waals surface area contributed by atoms with Gasteiger partial charge in [0, 0.05) is 5.69 Å². The van der Waals surface area contributed by atoms with Crippen molar-refractivity contribution < 1.29 is 13.2 Å². The molecule has 0 heterocycles. The number of carbonyl (C=O) groups excluding carboxylic acids is 1. The maximum absolute atomic E-state index is 12.2. The van der Waals surface area contributed by atoms with Crippen LogP contribution in [-0.4, -0.2) is 20.9 Å². The van der Waals surface area contributed by atoms with Crippen molar-refractivity contribution in [3.63, 3.8) is 0 Å². The fourth-order valence-electron chi connectivity index (χ4n) is 2.81. The minimum absolute atomic E-state index is 0.0110. The number of amides is 1. The zero-order valence-electron chi connectivity index (χ0n) is 13.5. The van der Waals surface area contributed by atoms with Gasteiger partial charge in [0.25, 0.3) is 0 Å². The minimum Gasteiger partial charge on any atom is -0.325 e. The zero-order valence-corrected chi connectivity index (χ0v) is 14.3. The number of nitriles is 1. The maximum Gasteiger partial charge on any atom is 0.241 e. The number of rotatable bonds is 5. The number of anilines is 1. The SMILES string of the molecule is N#Cc1ccc(S(=O)(=O)NCC(=O)Nc2ccc3c(c2)CCC3)cc1. The number of nitrogens with zero attached hydrogens (tertiary/aromatic N) is 1. The van der Waals surface area contributed by atoms with E-state index in [4.69, 9.17) is 5.26 Å². The van der Waals surface area contributed by atoms with E-state index in [1.165, 1.54) is 35.4 Å². The molecule has 3 rings (SSSR count).